The topological polar surface area (TPSA) is 69.0 Å². The highest BCUT2D eigenvalue weighted by Gasteiger charge is 2.20. The number of pyridine rings is 1. The molecule has 122 valence electrons. The molecule has 1 aromatic heterocycles. The van der Waals surface area contributed by atoms with Crippen molar-refractivity contribution in [2.45, 2.75) is 26.2 Å². The van der Waals surface area contributed by atoms with Crippen molar-refractivity contribution in [3.8, 4) is 6.07 Å². The smallest absolute Gasteiger partial charge is 0.259 e. The number of carbonyl (C=O) groups excluding carboxylic acids is 1. The van der Waals surface area contributed by atoms with E-state index in [1.807, 2.05) is 19.1 Å². The van der Waals surface area contributed by atoms with Gasteiger partial charge in [-0.05, 0) is 56.5 Å². The third-order valence-electron chi connectivity index (χ3n) is 4.16. The van der Waals surface area contributed by atoms with Gasteiger partial charge in [-0.1, -0.05) is 6.07 Å². The summed E-state index contributed by atoms with van der Waals surface area (Å²) in [5.74, 6) is 0.557. The Morgan fingerprint density at radius 1 is 1.21 bits per heavy atom. The molecule has 2 aromatic rings. The lowest BCUT2D eigenvalue weighted by atomic mass is 10.1. The summed E-state index contributed by atoms with van der Waals surface area (Å²) in [4.78, 5) is 19.5. The number of nitriles is 1. The molecule has 3 rings (SSSR count). The van der Waals surface area contributed by atoms with Crippen LogP contribution >= 0.6 is 0 Å². The molecule has 0 saturated carbocycles. The van der Waals surface area contributed by atoms with Crippen molar-refractivity contribution in [3.05, 3.63) is 53.2 Å². The summed E-state index contributed by atoms with van der Waals surface area (Å²) < 4.78 is 0. The summed E-state index contributed by atoms with van der Waals surface area (Å²) in [5.41, 5.74) is 2.61. The van der Waals surface area contributed by atoms with Crippen LogP contribution in [0.15, 0.2) is 36.4 Å². The maximum Gasteiger partial charge on any atom is 0.259 e. The van der Waals surface area contributed by atoms with E-state index in [0.29, 0.717) is 16.8 Å². The number of carbonyl (C=O) groups is 1. The number of amides is 1. The fourth-order valence-corrected chi connectivity index (χ4v) is 2.93. The van der Waals surface area contributed by atoms with Crippen LogP contribution in [0.4, 0.5) is 11.5 Å². The molecule has 5 nitrogen and oxygen atoms in total. The monoisotopic (exact) mass is 320 g/mol. The Morgan fingerprint density at radius 2 is 2.00 bits per heavy atom. The predicted octanol–water partition coefficient (Wildman–Crippen LogP) is 3.50. The number of anilines is 2. The van der Waals surface area contributed by atoms with Crippen LogP contribution in [0.2, 0.25) is 0 Å². The lowest BCUT2D eigenvalue weighted by Crippen LogP contribution is -2.32. The standard InChI is InChI=1S/C19H20N4O/c1-14-8-9-17(18(21-14)23-10-3-2-4-11-23)19(24)22-16-7-5-6-15(12-16)13-20/h5-9,12H,2-4,10-11H2,1H3,(H,22,24). The van der Waals surface area contributed by atoms with E-state index in [2.05, 4.69) is 21.3 Å². The van der Waals surface area contributed by atoms with Crippen LogP contribution < -0.4 is 10.2 Å². The molecular weight excluding hydrogens is 300 g/mol. The van der Waals surface area contributed by atoms with Crippen molar-refractivity contribution < 1.29 is 4.79 Å². The zero-order valence-corrected chi connectivity index (χ0v) is 13.7. The van der Waals surface area contributed by atoms with E-state index in [0.717, 1.165) is 37.4 Å². The molecule has 0 unspecified atom stereocenters. The molecule has 1 aliphatic rings. The first-order chi connectivity index (χ1) is 11.7. The highest BCUT2D eigenvalue weighted by Crippen LogP contribution is 2.24. The van der Waals surface area contributed by atoms with Crippen LogP contribution in [-0.2, 0) is 0 Å². The molecule has 1 N–H and O–H groups in total. The van der Waals surface area contributed by atoms with Crippen molar-refractivity contribution in [2.24, 2.45) is 0 Å². The molecule has 1 aliphatic heterocycles. The van der Waals surface area contributed by atoms with E-state index in [-0.39, 0.29) is 5.91 Å². The van der Waals surface area contributed by atoms with Crippen molar-refractivity contribution >= 4 is 17.4 Å². The Hall–Kier alpha value is -2.87. The summed E-state index contributed by atoms with van der Waals surface area (Å²) in [7, 11) is 0. The number of benzene rings is 1. The van der Waals surface area contributed by atoms with Crippen LogP contribution in [0.3, 0.4) is 0 Å². The number of hydrogen-bond acceptors (Lipinski definition) is 4. The van der Waals surface area contributed by atoms with Gasteiger partial charge in [0.25, 0.3) is 5.91 Å². The minimum atomic E-state index is -0.196. The van der Waals surface area contributed by atoms with Gasteiger partial charge in [-0.3, -0.25) is 4.79 Å². The minimum absolute atomic E-state index is 0.196. The van der Waals surface area contributed by atoms with Crippen LogP contribution in [0.5, 0.6) is 0 Å². The molecule has 0 aliphatic carbocycles. The summed E-state index contributed by atoms with van der Waals surface area (Å²) >= 11 is 0. The number of piperidine rings is 1. The lowest BCUT2D eigenvalue weighted by Gasteiger charge is -2.29. The minimum Gasteiger partial charge on any atom is -0.356 e. The second kappa shape index (κ2) is 7.14. The quantitative estimate of drug-likeness (QED) is 0.939. The second-order valence-electron chi connectivity index (χ2n) is 6.02. The van der Waals surface area contributed by atoms with Crippen LogP contribution in [0.25, 0.3) is 0 Å². The Balaban J connectivity index is 1.87. The highest BCUT2D eigenvalue weighted by molar-refractivity contribution is 6.07. The van der Waals surface area contributed by atoms with Crippen molar-refractivity contribution in [3.63, 3.8) is 0 Å². The molecule has 2 heterocycles. The maximum absolute atomic E-state index is 12.7. The largest absolute Gasteiger partial charge is 0.356 e. The fraction of sp³-hybridized carbons (Fsp3) is 0.316. The Morgan fingerprint density at radius 3 is 2.75 bits per heavy atom. The van der Waals surface area contributed by atoms with E-state index >= 15 is 0 Å². The zero-order chi connectivity index (χ0) is 16.9. The number of nitrogens with zero attached hydrogens (tertiary/aromatic N) is 3. The summed E-state index contributed by atoms with van der Waals surface area (Å²) in [5, 5.41) is 11.9. The van der Waals surface area contributed by atoms with Crippen LogP contribution in [0.1, 0.15) is 40.9 Å². The molecule has 1 fully saturated rings. The highest BCUT2D eigenvalue weighted by atomic mass is 16.1. The van der Waals surface area contributed by atoms with E-state index in [4.69, 9.17) is 5.26 Å². The second-order valence-corrected chi connectivity index (χ2v) is 6.02. The van der Waals surface area contributed by atoms with Gasteiger partial charge in [0, 0.05) is 24.5 Å². The number of aromatic nitrogens is 1. The number of aryl methyl sites for hydroxylation is 1. The molecule has 1 aromatic carbocycles. The van der Waals surface area contributed by atoms with Gasteiger partial charge in [0.2, 0.25) is 0 Å². The molecule has 1 amide bonds. The first-order valence-corrected chi connectivity index (χ1v) is 8.21. The van der Waals surface area contributed by atoms with Gasteiger partial charge in [-0.25, -0.2) is 4.98 Å². The lowest BCUT2D eigenvalue weighted by molar-refractivity contribution is 0.102. The first-order valence-electron chi connectivity index (χ1n) is 8.21. The molecule has 5 heteroatoms. The molecular formula is C19H20N4O. The number of rotatable bonds is 3. The van der Waals surface area contributed by atoms with Crippen molar-refractivity contribution in [2.75, 3.05) is 23.3 Å². The molecule has 0 radical (unpaired) electrons. The number of nitrogens with one attached hydrogen (secondary N) is 1. The first kappa shape index (κ1) is 16.0. The van der Waals surface area contributed by atoms with Crippen LogP contribution in [-0.4, -0.2) is 24.0 Å². The normalized spacial score (nSPS) is 14.1. The van der Waals surface area contributed by atoms with Crippen molar-refractivity contribution in [1.82, 2.24) is 4.98 Å². The summed E-state index contributed by atoms with van der Waals surface area (Å²) in [6.07, 6.45) is 3.48. The maximum atomic E-state index is 12.7. The van der Waals surface area contributed by atoms with Gasteiger partial charge < -0.3 is 10.2 Å². The molecule has 0 bridgehead atoms. The summed E-state index contributed by atoms with van der Waals surface area (Å²) in [6.45, 7) is 3.80. The third-order valence-corrected chi connectivity index (χ3v) is 4.16. The van der Waals surface area contributed by atoms with Gasteiger partial charge in [0.15, 0.2) is 0 Å². The van der Waals surface area contributed by atoms with Gasteiger partial charge in [0.1, 0.15) is 5.82 Å². The molecule has 0 spiro atoms. The molecule has 24 heavy (non-hydrogen) atoms. The van der Waals surface area contributed by atoms with E-state index in [1.54, 1.807) is 24.3 Å². The van der Waals surface area contributed by atoms with E-state index in [1.165, 1.54) is 6.42 Å². The van der Waals surface area contributed by atoms with E-state index in [9.17, 15) is 4.79 Å². The molecule has 1 saturated heterocycles. The van der Waals surface area contributed by atoms with Crippen LogP contribution in [0, 0.1) is 18.3 Å². The third kappa shape index (κ3) is 3.54. The van der Waals surface area contributed by atoms with Gasteiger partial charge in [-0.15, -0.1) is 0 Å². The number of hydrogen-bond donors (Lipinski definition) is 1. The Labute approximate surface area is 141 Å². The average Bonchev–Trinajstić information content (AvgIpc) is 2.62. The predicted molar refractivity (Wildman–Crippen MR) is 94.1 cm³/mol. The fourth-order valence-electron chi connectivity index (χ4n) is 2.93. The van der Waals surface area contributed by atoms with Gasteiger partial charge >= 0.3 is 0 Å². The Bertz CT molecular complexity index is 788. The zero-order valence-electron chi connectivity index (χ0n) is 13.7. The SMILES string of the molecule is Cc1ccc(C(=O)Nc2cccc(C#N)c2)c(N2CCCCC2)n1. The van der Waals surface area contributed by atoms with Crippen molar-refractivity contribution in [1.29, 1.82) is 5.26 Å². The Kier molecular flexibility index (Phi) is 4.76. The van der Waals surface area contributed by atoms with E-state index < -0.39 is 0 Å². The summed E-state index contributed by atoms with van der Waals surface area (Å²) in [6, 6.07) is 12.7. The molecule has 0 atom stereocenters. The average molecular weight is 320 g/mol. The van der Waals surface area contributed by atoms with Gasteiger partial charge in [0.05, 0.1) is 17.2 Å². The van der Waals surface area contributed by atoms with Gasteiger partial charge in [-0.2, -0.15) is 5.26 Å².